The Bertz CT molecular complexity index is 1060. The van der Waals surface area contributed by atoms with Crippen LogP contribution in [-0.4, -0.2) is 53.5 Å². The fourth-order valence-corrected chi connectivity index (χ4v) is 3.26. The van der Waals surface area contributed by atoms with E-state index in [1.807, 2.05) is 23.1 Å². The van der Waals surface area contributed by atoms with Crippen molar-refractivity contribution in [3.8, 4) is 5.75 Å². The number of pyridine rings is 1. The van der Waals surface area contributed by atoms with Crippen molar-refractivity contribution in [2.75, 3.05) is 46.6 Å². The Morgan fingerprint density at radius 3 is 2.09 bits per heavy atom. The lowest BCUT2D eigenvalue weighted by Gasteiger charge is -2.35. The molecule has 2 amide bonds. The molecule has 172 valence electrons. The van der Waals surface area contributed by atoms with E-state index in [0.29, 0.717) is 17.3 Å². The van der Waals surface area contributed by atoms with Crippen molar-refractivity contribution in [1.29, 1.82) is 0 Å². The third-order valence-electron chi connectivity index (χ3n) is 4.78. The van der Waals surface area contributed by atoms with Gasteiger partial charge in [0.25, 0.3) is 0 Å². The fraction of sp³-hybridized carbons (Fsp3) is 0.238. The monoisotopic (exact) mass is 459 g/mol. The minimum atomic E-state index is -4.77. The van der Waals surface area contributed by atoms with E-state index in [4.69, 9.17) is 0 Å². The summed E-state index contributed by atoms with van der Waals surface area (Å²) in [5.41, 5.74) is 0.672. The second-order valence-electron chi connectivity index (χ2n) is 7.09. The van der Waals surface area contributed by atoms with E-state index >= 15 is 0 Å². The quantitative estimate of drug-likeness (QED) is 0.600. The molecule has 1 aromatic carbocycles. The van der Waals surface area contributed by atoms with E-state index in [1.165, 1.54) is 24.5 Å². The number of nitrogens with one attached hydrogen (secondary N) is 2. The molecule has 3 aromatic rings. The van der Waals surface area contributed by atoms with Crippen molar-refractivity contribution >= 4 is 29.2 Å². The first-order valence-electron chi connectivity index (χ1n) is 10.0. The largest absolute Gasteiger partial charge is 0.573 e. The molecule has 0 aliphatic carbocycles. The lowest BCUT2D eigenvalue weighted by Crippen LogP contribution is -2.47. The Morgan fingerprint density at radius 1 is 0.848 bits per heavy atom. The van der Waals surface area contributed by atoms with Crippen LogP contribution >= 0.6 is 0 Å². The van der Waals surface area contributed by atoms with Gasteiger partial charge in [-0.05, 0) is 36.4 Å². The van der Waals surface area contributed by atoms with Gasteiger partial charge < -0.3 is 25.2 Å². The molecule has 0 spiro atoms. The standard InChI is InChI=1S/C21H20F3N7O2/c22-21(23,24)33-17-6-4-15(5-7-17)28-20(32)29-16-13-26-19(27-14-16)31-11-9-30(10-12-31)18-3-1-2-8-25-18/h1-8,13-14H,9-12H2,(H2,28,29,32). The number of amides is 2. The summed E-state index contributed by atoms with van der Waals surface area (Å²) >= 11 is 0. The minimum Gasteiger partial charge on any atom is -0.406 e. The van der Waals surface area contributed by atoms with Gasteiger partial charge in [-0.1, -0.05) is 6.07 Å². The molecule has 0 radical (unpaired) electrons. The summed E-state index contributed by atoms with van der Waals surface area (Å²) < 4.78 is 40.4. The van der Waals surface area contributed by atoms with Crippen LogP contribution in [0, 0.1) is 0 Å². The zero-order chi connectivity index (χ0) is 23.3. The fourth-order valence-electron chi connectivity index (χ4n) is 3.26. The molecule has 2 N–H and O–H groups in total. The highest BCUT2D eigenvalue weighted by atomic mass is 19.4. The molecular weight excluding hydrogens is 439 g/mol. The third-order valence-corrected chi connectivity index (χ3v) is 4.78. The van der Waals surface area contributed by atoms with Crippen molar-refractivity contribution in [2.45, 2.75) is 6.36 Å². The van der Waals surface area contributed by atoms with Crippen molar-refractivity contribution in [3.05, 3.63) is 61.1 Å². The maximum absolute atomic E-state index is 12.2. The molecule has 0 atom stereocenters. The lowest BCUT2D eigenvalue weighted by atomic mass is 10.3. The summed E-state index contributed by atoms with van der Waals surface area (Å²) in [5, 5.41) is 5.10. The molecule has 3 heterocycles. The molecule has 12 heteroatoms. The molecule has 0 bridgehead atoms. The van der Waals surface area contributed by atoms with Gasteiger partial charge in [0.05, 0.1) is 18.1 Å². The molecule has 0 saturated carbocycles. The summed E-state index contributed by atoms with van der Waals surface area (Å²) in [6, 6.07) is 10.0. The molecule has 0 unspecified atom stereocenters. The first-order chi connectivity index (χ1) is 15.9. The number of rotatable bonds is 5. The van der Waals surface area contributed by atoms with Crippen LogP contribution < -0.4 is 25.2 Å². The number of halogens is 3. The van der Waals surface area contributed by atoms with E-state index in [1.54, 1.807) is 6.20 Å². The van der Waals surface area contributed by atoms with Crippen LogP contribution in [0.2, 0.25) is 0 Å². The summed E-state index contributed by atoms with van der Waals surface area (Å²) in [6.45, 7) is 3.04. The van der Waals surface area contributed by atoms with Crippen LogP contribution in [0.4, 0.5) is 41.1 Å². The van der Waals surface area contributed by atoms with Crippen LogP contribution in [0.5, 0.6) is 5.75 Å². The topological polar surface area (TPSA) is 95.5 Å². The number of aromatic nitrogens is 3. The van der Waals surface area contributed by atoms with Gasteiger partial charge in [0.1, 0.15) is 11.6 Å². The number of hydrogen-bond donors (Lipinski definition) is 2. The van der Waals surface area contributed by atoms with Crippen LogP contribution in [0.15, 0.2) is 61.1 Å². The number of carbonyl (C=O) groups excluding carboxylic acids is 1. The average Bonchev–Trinajstić information content (AvgIpc) is 2.81. The van der Waals surface area contributed by atoms with Crippen LogP contribution in [-0.2, 0) is 0 Å². The van der Waals surface area contributed by atoms with Crippen molar-refractivity contribution in [1.82, 2.24) is 15.0 Å². The van der Waals surface area contributed by atoms with E-state index in [9.17, 15) is 18.0 Å². The highest BCUT2D eigenvalue weighted by Crippen LogP contribution is 2.24. The molecule has 4 rings (SSSR count). The number of nitrogens with zero attached hydrogens (tertiary/aromatic N) is 5. The number of carbonyl (C=O) groups is 1. The molecule has 2 aromatic heterocycles. The van der Waals surface area contributed by atoms with Gasteiger partial charge in [-0.3, -0.25) is 0 Å². The predicted octanol–water partition coefficient (Wildman–Crippen LogP) is 3.74. The van der Waals surface area contributed by atoms with Gasteiger partial charge in [0, 0.05) is 38.1 Å². The Kier molecular flexibility index (Phi) is 6.43. The molecule has 1 saturated heterocycles. The van der Waals surface area contributed by atoms with E-state index in [2.05, 4.69) is 35.2 Å². The van der Waals surface area contributed by atoms with Crippen LogP contribution in [0.25, 0.3) is 0 Å². The molecule has 9 nitrogen and oxygen atoms in total. The number of hydrogen-bond acceptors (Lipinski definition) is 7. The van der Waals surface area contributed by atoms with Gasteiger partial charge in [-0.25, -0.2) is 19.7 Å². The lowest BCUT2D eigenvalue weighted by molar-refractivity contribution is -0.274. The number of anilines is 4. The zero-order valence-electron chi connectivity index (χ0n) is 17.3. The van der Waals surface area contributed by atoms with Gasteiger partial charge in [0.15, 0.2) is 0 Å². The van der Waals surface area contributed by atoms with Gasteiger partial charge >= 0.3 is 12.4 Å². The average molecular weight is 459 g/mol. The van der Waals surface area contributed by atoms with Gasteiger partial charge in [-0.2, -0.15) is 0 Å². The Balaban J connectivity index is 1.27. The second kappa shape index (κ2) is 9.59. The van der Waals surface area contributed by atoms with Crippen LogP contribution in [0.3, 0.4) is 0 Å². The number of ether oxygens (including phenoxy) is 1. The number of alkyl halides is 3. The Morgan fingerprint density at radius 2 is 1.48 bits per heavy atom. The van der Waals surface area contributed by atoms with Gasteiger partial charge in [-0.15, -0.1) is 13.2 Å². The molecule has 1 aliphatic rings. The number of urea groups is 1. The molecule has 33 heavy (non-hydrogen) atoms. The van der Waals surface area contributed by atoms with Crippen molar-refractivity contribution in [2.24, 2.45) is 0 Å². The van der Waals surface area contributed by atoms with E-state index in [-0.39, 0.29) is 5.75 Å². The zero-order valence-corrected chi connectivity index (χ0v) is 17.3. The summed E-state index contributed by atoms with van der Waals surface area (Å²) in [4.78, 5) is 29.4. The second-order valence-corrected chi connectivity index (χ2v) is 7.09. The molecule has 1 fully saturated rings. The van der Waals surface area contributed by atoms with E-state index < -0.39 is 12.4 Å². The summed E-state index contributed by atoms with van der Waals surface area (Å²) in [6.07, 6.45) is -0.0180. The SMILES string of the molecule is O=C(Nc1ccc(OC(F)(F)F)cc1)Nc1cnc(N2CCN(c3ccccn3)CC2)nc1. The molecular formula is C21H20F3N7O2. The van der Waals surface area contributed by atoms with E-state index in [0.717, 1.165) is 44.1 Å². The summed E-state index contributed by atoms with van der Waals surface area (Å²) in [7, 11) is 0. The maximum Gasteiger partial charge on any atom is 0.573 e. The molecule has 1 aliphatic heterocycles. The number of piperazine rings is 1. The minimum absolute atomic E-state index is 0.297. The first kappa shape index (κ1) is 22.1. The predicted molar refractivity (Wildman–Crippen MR) is 116 cm³/mol. The van der Waals surface area contributed by atoms with Gasteiger partial charge in [0.2, 0.25) is 5.95 Å². The third kappa shape index (κ3) is 6.21. The summed E-state index contributed by atoms with van der Waals surface area (Å²) in [5.74, 6) is 1.12. The Labute approximate surface area is 187 Å². The normalized spacial score (nSPS) is 14.0. The number of benzene rings is 1. The highest BCUT2D eigenvalue weighted by Gasteiger charge is 2.31. The highest BCUT2D eigenvalue weighted by molar-refractivity contribution is 5.99. The van der Waals surface area contributed by atoms with Crippen molar-refractivity contribution in [3.63, 3.8) is 0 Å². The van der Waals surface area contributed by atoms with Crippen LogP contribution in [0.1, 0.15) is 0 Å². The maximum atomic E-state index is 12.2. The smallest absolute Gasteiger partial charge is 0.406 e. The first-order valence-corrected chi connectivity index (χ1v) is 10.0. The Hall–Kier alpha value is -4.09. The van der Waals surface area contributed by atoms with Crippen molar-refractivity contribution < 1.29 is 22.7 Å².